The number of nitrogens with zero attached hydrogens (tertiary/aromatic N) is 1. The van der Waals surface area contributed by atoms with E-state index in [0.29, 0.717) is 11.4 Å². The van der Waals surface area contributed by atoms with E-state index in [1.807, 2.05) is 54.6 Å². The largest absolute Gasteiger partial charge is 0.457 e. The second-order valence-electron chi connectivity index (χ2n) is 7.63. The number of hydrogen-bond acceptors (Lipinski definition) is 7. The molecule has 0 radical (unpaired) electrons. The highest BCUT2D eigenvalue weighted by Crippen LogP contribution is 2.29. The van der Waals surface area contributed by atoms with Crippen LogP contribution in [0.25, 0.3) is 10.6 Å². The zero-order valence-corrected chi connectivity index (χ0v) is 18.8. The number of benzene rings is 2. The lowest BCUT2D eigenvalue weighted by Crippen LogP contribution is -2.45. The van der Waals surface area contributed by atoms with Crippen LogP contribution in [0.1, 0.15) is 25.5 Å². The van der Waals surface area contributed by atoms with Gasteiger partial charge in [0.25, 0.3) is 5.91 Å². The van der Waals surface area contributed by atoms with Crippen LogP contribution < -0.4 is 15.4 Å². The summed E-state index contributed by atoms with van der Waals surface area (Å²) in [6, 6.07) is 16.6. The summed E-state index contributed by atoms with van der Waals surface area (Å²) in [6.07, 6.45) is 0.647. The van der Waals surface area contributed by atoms with Crippen LogP contribution in [0.5, 0.6) is 11.5 Å². The number of amides is 3. The first-order valence-electron chi connectivity index (χ1n) is 10.5. The normalized spacial score (nSPS) is 13.6. The van der Waals surface area contributed by atoms with Crippen LogP contribution >= 0.6 is 11.3 Å². The molecule has 1 aliphatic carbocycles. The van der Waals surface area contributed by atoms with Crippen molar-refractivity contribution in [2.24, 2.45) is 0 Å². The second kappa shape index (κ2) is 10.3. The SMILES string of the molecule is C[C@H](OC(=O)Cc1csc(-c2cccc(Oc3ccccc3)c2)n1)C(=O)NC(=O)NC1CC1. The van der Waals surface area contributed by atoms with E-state index in [0.717, 1.165) is 29.2 Å². The minimum Gasteiger partial charge on any atom is -0.457 e. The van der Waals surface area contributed by atoms with E-state index in [1.54, 1.807) is 5.38 Å². The lowest BCUT2D eigenvalue weighted by Gasteiger charge is -2.12. The van der Waals surface area contributed by atoms with E-state index in [4.69, 9.17) is 9.47 Å². The van der Waals surface area contributed by atoms with Gasteiger partial charge in [0.05, 0.1) is 12.1 Å². The molecule has 4 rings (SSSR count). The van der Waals surface area contributed by atoms with Gasteiger partial charge in [-0.05, 0) is 44.0 Å². The molecular formula is C24H23N3O5S. The molecule has 1 fully saturated rings. The number of carbonyl (C=O) groups excluding carboxylic acids is 3. The molecule has 3 aromatic rings. The molecule has 8 nitrogen and oxygen atoms in total. The summed E-state index contributed by atoms with van der Waals surface area (Å²) in [5, 5.41) is 7.32. The Hall–Kier alpha value is -3.72. The zero-order valence-electron chi connectivity index (χ0n) is 17.9. The van der Waals surface area contributed by atoms with Gasteiger partial charge in [0.1, 0.15) is 16.5 Å². The molecule has 0 unspecified atom stereocenters. The highest BCUT2D eigenvalue weighted by Gasteiger charge is 2.26. The Bertz CT molecular complexity index is 1140. The molecule has 3 amide bonds. The van der Waals surface area contributed by atoms with Crippen LogP contribution in [0, 0.1) is 0 Å². The first kappa shape index (κ1) is 22.5. The first-order chi connectivity index (χ1) is 16.0. The van der Waals surface area contributed by atoms with Crippen molar-refractivity contribution < 1.29 is 23.9 Å². The Morgan fingerprint density at radius 2 is 1.85 bits per heavy atom. The molecule has 0 saturated heterocycles. The summed E-state index contributed by atoms with van der Waals surface area (Å²) in [7, 11) is 0. The van der Waals surface area contributed by atoms with E-state index < -0.39 is 24.0 Å². The maximum absolute atomic E-state index is 12.2. The van der Waals surface area contributed by atoms with Gasteiger partial charge in [-0.3, -0.25) is 14.9 Å². The molecule has 9 heteroatoms. The number of ether oxygens (including phenoxy) is 2. The number of carbonyl (C=O) groups is 3. The van der Waals surface area contributed by atoms with Crippen LogP contribution in [0.15, 0.2) is 60.0 Å². The summed E-state index contributed by atoms with van der Waals surface area (Å²) in [5.74, 6) is 0.148. The lowest BCUT2D eigenvalue weighted by molar-refractivity contribution is -0.153. The summed E-state index contributed by atoms with van der Waals surface area (Å²) in [4.78, 5) is 40.4. The number of urea groups is 1. The third-order valence-electron chi connectivity index (χ3n) is 4.76. The Labute approximate surface area is 194 Å². The number of hydrogen-bond donors (Lipinski definition) is 2. The van der Waals surface area contributed by atoms with E-state index in [2.05, 4.69) is 15.6 Å². The van der Waals surface area contributed by atoms with Crippen LogP contribution in [0.4, 0.5) is 4.79 Å². The summed E-state index contributed by atoms with van der Waals surface area (Å²) >= 11 is 1.40. The van der Waals surface area contributed by atoms with Gasteiger partial charge < -0.3 is 14.8 Å². The standard InChI is InChI=1S/C24H23N3O5S/c1-15(22(29)27-24(30)26-17-10-11-17)31-21(28)13-18-14-33-23(25-18)16-6-5-9-20(12-16)32-19-7-3-2-4-8-19/h2-9,12,14-15,17H,10-11,13H2,1H3,(H2,26,27,29,30)/t15-/m0/s1. The van der Waals surface area contributed by atoms with Crippen molar-refractivity contribution in [2.45, 2.75) is 38.3 Å². The number of nitrogens with one attached hydrogen (secondary N) is 2. The quantitative estimate of drug-likeness (QED) is 0.486. The second-order valence-corrected chi connectivity index (χ2v) is 8.49. The molecule has 0 spiro atoms. The van der Waals surface area contributed by atoms with Crippen molar-refractivity contribution >= 4 is 29.2 Å². The number of para-hydroxylation sites is 1. The molecular weight excluding hydrogens is 442 g/mol. The third-order valence-corrected chi connectivity index (χ3v) is 5.70. The van der Waals surface area contributed by atoms with E-state index in [1.165, 1.54) is 18.3 Å². The monoisotopic (exact) mass is 465 g/mol. The van der Waals surface area contributed by atoms with E-state index in [-0.39, 0.29) is 12.5 Å². The number of esters is 1. The molecule has 0 aliphatic heterocycles. The third kappa shape index (κ3) is 6.63. The average Bonchev–Trinajstić information content (AvgIpc) is 3.48. The number of aromatic nitrogens is 1. The average molecular weight is 466 g/mol. The Kier molecular flexibility index (Phi) is 6.99. The molecule has 1 atom stereocenters. The van der Waals surface area contributed by atoms with Gasteiger partial charge in [-0.25, -0.2) is 9.78 Å². The van der Waals surface area contributed by atoms with Crippen molar-refractivity contribution in [3.63, 3.8) is 0 Å². The summed E-state index contributed by atoms with van der Waals surface area (Å²) < 4.78 is 11.0. The van der Waals surface area contributed by atoms with Crippen molar-refractivity contribution in [3.05, 3.63) is 65.7 Å². The fraction of sp³-hybridized carbons (Fsp3) is 0.250. The Balaban J connectivity index is 1.31. The highest BCUT2D eigenvalue weighted by molar-refractivity contribution is 7.13. The fourth-order valence-electron chi connectivity index (χ4n) is 2.94. The van der Waals surface area contributed by atoms with Gasteiger partial charge in [0, 0.05) is 17.0 Å². The minimum atomic E-state index is -1.09. The Morgan fingerprint density at radius 3 is 2.61 bits per heavy atom. The molecule has 2 aromatic carbocycles. The molecule has 1 saturated carbocycles. The van der Waals surface area contributed by atoms with Crippen molar-refractivity contribution in [3.8, 4) is 22.1 Å². The fourth-order valence-corrected chi connectivity index (χ4v) is 3.76. The van der Waals surface area contributed by atoms with Gasteiger partial charge in [-0.15, -0.1) is 11.3 Å². The summed E-state index contributed by atoms with van der Waals surface area (Å²) in [6.45, 7) is 1.42. The molecule has 2 N–H and O–H groups in total. The lowest BCUT2D eigenvalue weighted by atomic mass is 10.2. The predicted molar refractivity (Wildman–Crippen MR) is 123 cm³/mol. The van der Waals surface area contributed by atoms with Gasteiger partial charge in [-0.2, -0.15) is 0 Å². The molecule has 1 aliphatic rings. The maximum atomic E-state index is 12.2. The highest BCUT2D eigenvalue weighted by atomic mass is 32.1. The van der Waals surface area contributed by atoms with Gasteiger partial charge in [0.15, 0.2) is 6.10 Å². The van der Waals surface area contributed by atoms with Gasteiger partial charge in [0.2, 0.25) is 0 Å². The van der Waals surface area contributed by atoms with Gasteiger partial charge in [-0.1, -0.05) is 30.3 Å². The van der Waals surface area contributed by atoms with Crippen molar-refractivity contribution in [1.82, 2.24) is 15.6 Å². The van der Waals surface area contributed by atoms with Crippen LogP contribution in [-0.4, -0.2) is 35.0 Å². The van der Waals surface area contributed by atoms with Crippen LogP contribution in [0.2, 0.25) is 0 Å². The van der Waals surface area contributed by atoms with Crippen LogP contribution in [-0.2, 0) is 20.7 Å². The Morgan fingerprint density at radius 1 is 1.09 bits per heavy atom. The number of rotatable bonds is 8. The van der Waals surface area contributed by atoms with E-state index >= 15 is 0 Å². The summed E-state index contributed by atoms with van der Waals surface area (Å²) in [5.41, 5.74) is 1.40. The molecule has 1 heterocycles. The molecule has 170 valence electrons. The molecule has 0 bridgehead atoms. The predicted octanol–water partition coefficient (Wildman–Crippen LogP) is 4.06. The maximum Gasteiger partial charge on any atom is 0.321 e. The molecule has 1 aromatic heterocycles. The topological polar surface area (TPSA) is 107 Å². The smallest absolute Gasteiger partial charge is 0.321 e. The zero-order chi connectivity index (χ0) is 23.2. The van der Waals surface area contributed by atoms with Gasteiger partial charge >= 0.3 is 12.0 Å². The number of imide groups is 1. The first-order valence-corrected chi connectivity index (χ1v) is 11.4. The van der Waals surface area contributed by atoms with Crippen molar-refractivity contribution in [1.29, 1.82) is 0 Å². The van der Waals surface area contributed by atoms with E-state index in [9.17, 15) is 14.4 Å². The number of thiazole rings is 1. The minimum absolute atomic E-state index is 0.0808. The molecule has 33 heavy (non-hydrogen) atoms. The van der Waals surface area contributed by atoms with Crippen molar-refractivity contribution in [2.75, 3.05) is 0 Å². The van der Waals surface area contributed by atoms with Crippen LogP contribution in [0.3, 0.4) is 0 Å².